The highest BCUT2D eigenvalue weighted by atomic mass is 16.5. The zero-order valence-corrected chi connectivity index (χ0v) is 14.1. The van der Waals surface area contributed by atoms with Crippen molar-refractivity contribution in [3.8, 4) is 11.5 Å². The number of rotatable bonds is 8. The van der Waals surface area contributed by atoms with Crippen molar-refractivity contribution in [1.29, 1.82) is 0 Å². The first-order valence-corrected chi connectivity index (χ1v) is 7.85. The molecule has 0 radical (unpaired) electrons. The molecular formula is C18H23N3O3. The number of ether oxygens (including phenoxy) is 2. The molecule has 2 aromatic rings. The van der Waals surface area contributed by atoms with Crippen molar-refractivity contribution < 1.29 is 14.3 Å². The van der Waals surface area contributed by atoms with Gasteiger partial charge in [0.2, 0.25) is 0 Å². The molecule has 6 heteroatoms. The molecule has 0 saturated carbocycles. The number of benzene rings is 1. The Morgan fingerprint density at radius 3 is 2.58 bits per heavy atom. The van der Waals surface area contributed by atoms with E-state index in [9.17, 15) is 4.79 Å². The van der Waals surface area contributed by atoms with E-state index < -0.39 is 0 Å². The molecule has 0 aliphatic rings. The van der Waals surface area contributed by atoms with Crippen LogP contribution < -0.4 is 14.8 Å². The van der Waals surface area contributed by atoms with Crippen LogP contribution in [0.4, 0.5) is 4.79 Å². The monoisotopic (exact) mass is 329 g/mol. The third-order valence-corrected chi connectivity index (χ3v) is 3.49. The van der Waals surface area contributed by atoms with E-state index in [1.54, 1.807) is 25.3 Å². The van der Waals surface area contributed by atoms with Crippen LogP contribution in [0.3, 0.4) is 0 Å². The fourth-order valence-electron chi connectivity index (χ4n) is 2.05. The second-order valence-corrected chi connectivity index (χ2v) is 5.25. The summed E-state index contributed by atoms with van der Waals surface area (Å²) in [5.74, 6) is 1.53. The molecule has 0 aliphatic carbocycles. The van der Waals surface area contributed by atoms with E-state index in [0.29, 0.717) is 26.1 Å². The highest BCUT2D eigenvalue weighted by Crippen LogP contribution is 2.16. The van der Waals surface area contributed by atoms with Gasteiger partial charge in [0.25, 0.3) is 0 Å². The Morgan fingerprint density at radius 2 is 1.92 bits per heavy atom. The molecule has 1 heterocycles. The molecule has 0 fully saturated rings. The highest BCUT2D eigenvalue weighted by Gasteiger charge is 2.07. The maximum absolute atomic E-state index is 12.0. The Balaban J connectivity index is 1.64. The number of nitrogens with zero attached hydrogens (tertiary/aromatic N) is 2. The van der Waals surface area contributed by atoms with Crippen molar-refractivity contribution in [2.75, 3.05) is 33.9 Å². The zero-order valence-electron chi connectivity index (χ0n) is 14.1. The van der Waals surface area contributed by atoms with E-state index in [0.717, 1.165) is 17.2 Å². The molecule has 1 aromatic heterocycles. The molecule has 0 unspecified atom stereocenters. The van der Waals surface area contributed by atoms with Gasteiger partial charge < -0.3 is 19.7 Å². The Labute approximate surface area is 142 Å². The predicted molar refractivity (Wildman–Crippen MR) is 92.5 cm³/mol. The summed E-state index contributed by atoms with van der Waals surface area (Å²) in [7, 11) is 3.37. The van der Waals surface area contributed by atoms with Gasteiger partial charge in [0.1, 0.15) is 18.1 Å². The van der Waals surface area contributed by atoms with Crippen LogP contribution in [0.25, 0.3) is 0 Å². The number of pyridine rings is 1. The third-order valence-electron chi connectivity index (χ3n) is 3.49. The van der Waals surface area contributed by atoms with Crippen molar-refractivity contribution >= 4 is 6.03 Å². The van der Waals surface area contributed by atoms with E-state index in [-0.39, 0.29) is 6.03 Å². The number of likely N-dealkylation sites (N-methyl/N-ethyl adjacent to an activating group) is 1. The van der Waals surface area contributed by atoms with Gasteiger partial charge >= 0.3 is 6.03 Å². The Morgan fingerprint density at radius 1 is 1.17 bits per heavy atom. The minimum Gasteiger partial charge on any atom is -0.497 e. The molecule has 0 atom stereocenters. The normalized spacial score (nSPS) is 10.1. The van der Waals surface area contributed by atoms with Crippen molar-refractivity contribution in [1.82, 2.24) is 15.2 Å². The maximum atomic E-state index is 12.0. The van der Waals surface area contributed by atoms with Crippen LogP contribution >= 0.6 is 0 Å². The second kappa shape index (κ2) is 9.39. The number of nitrogens with one attached hydrogen (secondary N) is 1. The van der Waals surface area contributed by atoms with Gasteiger partial charge in [0, 0.05) is 31.9 Å². The van der Waals surface area contributed by atoms with Gasteiger partial charge in [-0.15, -0.1) is 0 Å². The topological polar surface area (TPSA) is 63.7 Å². The maximum Gasteiger partial charge on any atom is 0.317 e. The van der Waals surface area contributed by atoms with Gasteiger partial charge in [-0.1, -0.05) is 6.07 Å². The molecule has 1 N–H and O–H groups in total. The standard InChI is InChI=1S/C18H23N3O3/c1-21(13-14-24-17-8-6-16(23-2)7-9-17)18(22)20-12-10-15-5-3-4-11-19-15/h3-9,11H,10,12-14H2,1-2H3,(H,20,22). The number of carbonyl (C=O) groups excluding carboxylic acids is 1. The van der Waals surface area contributed by atoms with Crippen LogP contribution in [0.5, 0.6) is 11.5 Å². The first-order valence-electron chi connectivity index (χ1n) is 7.85. The van der Waals surface area contributed by atoms with Crippen LogP contribution in [0.15, 0.2) is 48.7 Å². The van der Waals surface area contributed by atoms with Crippen molar-refractivity contribution in [3.05, 3.63) is 54.4 Å². The molecule has 0 saturated heterocycles. The molecule has 2 rings (SSSR count). The first-order chi connectivity index (χ1) is 11.7. The molecule has 0 spiro atoms. The van der Waals surface area contributed by atoms with Gasteiger partial charge in [-0.05, 0) is 36.4 Å². The first kappa shape index (κ1) is 17.6. The average Bonchev–Trinajstić information content (AvgIpc) is 2.63. The van der Waals surface area contributed by atoms with Gasteiger partial charge in [-0.3, -0.25) is 4.98 Å². The van der Waals surface area contributed by atoms with Crippen molar-refractivity contribution in [2.24, 2.45) is 0 Å². The van der Waals surface area contributed by atoms with E-state index in [1.165, 1.54) is 0 Å². The highest BCUT2D eigenvalue weighted by molar-refractivity contribution is 5.73. The number of urea groups is 1. The lowest BCUT2D eigenvalue weighted by molar-refractivity contribution is 0.195. The minimum absolute atomic E-state index is 0.121. The summed E-state index contributed by atoms with van der Waals surface area (Å²) in [6.07, 6.45) is 2.46. The third kappa shape index (κ3) is 5.79. The smallest absolute Gasteiger partial charge is 0.317 e. The van der Waals surface area contributed by atoms with Crippen molar-refractivity contribution in [2.45, 2.75) is 6.42 Å². The molecule has 24 heavy (non-hydrogen) atoms. The van der Waals surface area contributed by atoms with Crippen LogP contribution in [-0.2, 0) is 6.42 Å². The van der Waals surface area contributed by atoms with Gasteiger partial charge in [0.15, 0.2) is 0 Å². The molecule has 0 bridgehead atoms. The summed E-state index contributed by atoms with van der Waals surface area (Å²) in [4.78, 5) is 17.8. The lowest BCUT2D eigenvalue weighted by atomic mass is 10.3. The predicted octanol–water partition coefficient (Wildman–Crippen LogP) is 2.35. The fraction of sp³-hybridized carbons (Fsp3) is 0.333. The molecule has 1 aromatic carbocycles. The summed E-state index contributed by atoms with van der Waals surface area (Å²) < 4.78 is 10.7. The quantitative estimate of drug-likeness (QED) is 0.807. The number of methoxy groups -OCH3 is 1. The van der Waals surface area contributed by atoms with Crippen molar-refractivity contribution in [3.63, 3.8) is 0 Å². The van der Waals surface area contributed by atoms with Crippen LogP contribution in [0, 0.1) is 0 Å². The average molecular weight is 329 g/mol. The van der Waals surface area contributed by atoms with Gasteiger partial charge in [0.05, 0.1) is 13.7 Å². The molecule has 128 valence electrons. The summed E-state index contributed by atoms with van der Waals surface area (Å²) in [6, 6.07) is 13.0. The van der Waals surface area contributed by atoms with E-state index in [2.05, 4.69) is 10.3 Å². The summed E-state index contributed by atoms with van der Waals surface area (Å²) >= 11 is 0. The number of aromatic nitrogens is 1. The van der Waals surface area contributed by atoms with E-state index in [1.807, 2.05) is 42.5 Å². The summed E-state index contributed by atoms with van der Waals surface area (Å²) in [5.41, 5.74) is 0.961. The summed E-state index contributed by atoms with van der Waals surface area (Å²) in [5, 5.41) is 2.87. The molecule has 2 amide bonds. The lowest BCUT2D eigenvalue weighted by Gasteiger charge is -2.18. The Kier molecular flexibility index (Phi) is 6.89. The number of hydrogen-bond acceptors (Lipinski definition) is 4. The molecule has 0 aliphatic heterocycles. The molecular weight excluding hydrogens is 306 g/mol. The van der Waals surface area contributed by atoms with Gasteiger partial charge in [-0.2, -0.15) is 0 Å². The van der Waals surface area contributed by atoms with E-state index in [4.69, 9.17) is 9.47 Å². The second-order valence-electron chi connectivity index (χ2n) is 5.25. The number of amides is 2. The van der Waals surface area contributed by atoms with Crippen LogP contribution in [0.1, 0.15) is 5.69 Å². The summed E-state index contributed by atoms with van der Waals surface area (Å²) in [6.45, 7) is 1.48. The number of hydrogen-bond donors (Lipinski definition) is 1. The largest absolute Gasteiger partial charge is 0.497 e. The van der Waals surface area contributed by atoms with E-state index >= 15 is 0 Å². The van der Waals surface area contributed by atoms with Gasteiger partial charge in [-0.25, -0.2) is 4.79 Å². The fourth-order valence-corrected chi connectivity index (χ4v) is 2.05. The Hall–Kier alpha value is -2.76. The lowest BCUT2D eigenvalue weighted by Crippen LogP contribution is -2.40. The minimum atomic E-state index is -0.121. The SMILES string of the molecule is COc1ccc(OCCN(C)C(=O)NCCc2ccccn2)cc1. The van der Waals surface area contributed by atoms with Crippen LogP contribution in [-0.4, -0.2) is 49.8 Å². The molecule has 6 nitrogen and oxygen atoms in total. The number of carbonyl (C=O) groups is 1. The Bertz CT molecular complexity index is 617. The van der Waals surface area contributed by atoms with Crippen LogP contribution in [0.2, 0.25) is 0 Å². The zero-order chi connectivity index (χ0) is 17.2.